The van der Waals surface area contributed by atoms with Crippen LogP contribution in [0.25, 0.3) is 0 Å². The van der Waals surface area contributed by atoms with Crippen molar-refractivity contribution in [3.63, 3.8) is 0 Å². The lowest BCUT2D eigenvalue weighted by molar-refractivity contribution is -0.397. The topological polar surface area (TPSA) is 9.23 Å². The van der Waals surface area contributed by atoms with Crippen LogP contribution in [0, 0.1) is 0 Å². The van der Waals surface area contributed by atoms with E-state index in [9.17, 15) is 39.5 Å². The van der Waals surface area contributed by atoms with Crippen LogP contribution in [0.2, 0.25) is 0 Å². The molecule has 0 atom stereocenters. The van der Waals surface area contributed by atoms with Crippen LogP contribution >= 0.6 is 11.6 Å². The van der Waals surface area contributed by atoms with Gasteiger partial charge >= 0.3 is 23.9 Å². The Morgan fingerprint density at radius 3 is 1.56 bits per heavy atom. The smallest absolute Gasteiger partial charge is 0.366 e. The maximum Gasteiger partial charge on any atom is 0.460 e. The number of rotatable bonds is 6. The highest BCUT2D eigenvalue weighted by Crippen LogP contribution is 2.53. The molecule has 1 nitrogen and oxygen atoms in total. The minimum atomic E-state index is -6.86. The molecule has 0 heterocycles. The van der Waals surface area contributed by atoms with Gasteiger partial charge in [0.1, 0.15) is 6.07 Å². The van der Waals surface area contributed by atoms with Crippen molar-refractivity contribution in [1.29, 1.82) is 0 Å². The summed E-state index contributed by atoms with van der Waals surface area (Å²) in [5.41, 5.74) is 0. The van der Waals surface area contributed by atoms with Crippen LogP contribution in [-0.2, 0) is 4.74 Å². The first-order valence-electron chi connectivity index (χ1n) is 4.15. The molecule has 11 heteroatoms. The molecular weight excluding hydrogens is 307 g/mol. The van der Waals surface area contributed by atoms with E-state index in [4.69, 9.17) is 11.6 Å². The molecule has 0 spiro atoms. The Bertz CT molecular complexity index is 275. The minimum Gasteiger partial charge on any atom is -0.366 e. The van der Waals surface area contributed by atoms with E-state index < -0.39 is 43.0 Å². The Morgan fingerprint density at radius 1 is 0.778 bits per heavy atom. The molecule has 0 aliphatic carbocycles. The van der Waals surface area contributed by atoms with E-state index in [1.807, 2.05) is 0 Å². The van der Waals surface area contributed by atoms with Gasteiger partial charge in [0.05, 0.1) is 6.61 Å². The largest absolute Gasteiger partial charge is 0.460 e. The number of ether oxygens (including phenoxy) is 1. The summed E-state index contributed by atoms with van der Waals surface area (Å²) in [5.74, 6) is -19.0. The molecule has 0 aliphatic heterocycles. The van der Waals surface area contributed by atoms with Crippen molar-refractivity contribution < 1.29 is 44.3 Å². The van der Waals surface area contributed by atoms with E-state index in [0.29, 0.717) is 0 Å². The third-order valence-corrected chi connectivity index (χ3v) is 2.00. The molecule has 0 aromatic heterocycles. The van der Waals surface area contributed by atoms with E-state index >= 15 is 0 Å². The monoisotopic (exact) mass is 312 g/mol. The van der Waals surface area contributed by atoms with Crippen molar-refractivity contribution in [3.8, 4) is 0 Å². The molecule has 0 aromatic carbocycles. The predicted molar refractivity (Wildman–Crippen MR) is 42.2 cm³/mol. The van der Waals surface area contributed by atoms with Crippen molar-refractivity contribution in [1.82, 2.24) is 0 Å². The van der Waals surface area contributed by atoms with Gasteiger partial charge in [0.15, 0.2) is 0 Å². The molecule has 0 N–H and O–H groups in total. The highest BCUT2D eigenvalue weighted by Gasteiger charge is 2.81. The summed E-state index contributed by atoms with van der Waals surface area (Å²) in [6.07, 6.45) is -8.83. The quantitative estimate of drug-likeness (QED) is 0.408. The Labute approximate surface area is 99.8 Å². The fraction of sp³-hybridized carbons (Fsp3) is 1.00. The Hall–Kier alpha value is -0.380. The summed E-state index contributed by atoms with van der Waals surface area (Å²) in [7, 11) is 0. The van der Waals surface area contributed by atoms with E-state index in [1.54, 1.807) is 0 Å². The zero-order valence-electron chi connectivity index (χ0n) is 8.31. The number of hydrogen-bond donors (Lipinski definition) is 0. The molecule has 0 aliphatic rings. The van der Waals surface area contributed by atoms with Crippen LogP contribution in [0.4, 0.5) is 39.5 Å². The summed E-state index contributed by atoms with van der Waals surface area (Å²) < 4.78 is 114. The summed E-state index contributed by atoms with van der Waals surface area (Å²) in [5, 5.41) is 0. The van der Waals surface area contributed by atoms with Gasteiger partial charge in [0.2, 0.25) is 0 Å². The van der Waals surface area contributed by atoms with Crippen molar-refractivity contribution in [2.45, 2.75) is 30.4 Å². The van der Waals surface area contributed by atoms with E-state index in [-0.39, 0.29) is 0 Å². The van der Waals surface area contributed by atoms with Crippen LogP contribution in [0.15, 0.2) is 0 Å². The molecule has 0 rings (SSSR count). The van der Waals surface area contributed by atoms with Gasteiger partial charge in [-0.15, -0.1) is 0 Å². The zero-order chi connectivity index (χ0) is 14.8. The van der Waals surface area contributed by atoms with Crippen LogP contribution in [0.5, 0.6) is 0 Å². The van der Waals surface area contributed by atoms with E-state index in [2.05, 4.69) is 4.74 Å². The molecule has 0 saturated carbocycles. The first kappa shape index (κ1) is 17.6. The molecular formula is C7H6ClF9O. The summed E-state index contributed by atoms with van der Waals surface area (Å²) in [6.45, 7) is -1.19. The summed E-state index contributed by atoms with van der Waals surface area (Å²) in [4.78, 5) is 0. The van der Waals surface area contributed by atoms with Crippen LogP contribution < -0.4 is 0 Å². The zero-order valence-corrected chi connectivity index (χ0v) is 9.07. The second kappa shape index (κ2) is 5.32. The Morgan fingerprint density at radius 2 is 1.22 bits per heavy atom. The fourth-order valence-corrected chi connectivity index (χ4v) is 0.929. The van der Waals surface area contributed by atoms with Gasteiger partial charge < -0.3 is 4.74 Å². The molecule has 0 fully saturated rings. The average Bonchev–Trinajstić information content (AvgIpc) is 2.15. The van der Waals surface area contributed by atoms with Crippen molar-refractivity contribution in [2.24, 2.45) is 0 Å². The lowest BCUT2D eigenvalue weighted by Crippen LogP contribution is -2.61. The SMILES string of the molecule is FC(F)(F)C(F)(F)C(F)(F)C(F)(F)CCOCCl. The minimum absolute atomic E-state index is 0.697. The van der Waals surface area contributed by atoms with Gasteiger partial charge in [0.25, 0.3) is 0 Å². The van der Waals surface area contributed by atoms with Gasteiger partial charge in [0, 0.05) is 6.42 Å². The molecule has 0 bridgehead atoms. The summed E-state index contributed by atoms with van der Waals surface area (Å²) in [6, 6.07) is -0.697. The predicted octanol–water partition coefficient (Wildman–Crippen LogP) is 4.06. The van der Waals surface area contributed by atoms with Gasteiger partial charge in [-0.1, -0.05) is 11.6 Å². The molecule has 0 amide bonds. The standard InChI is InChI=1S/C7H6ClF9O/c8-3-18-2-1-4(9,10)5(11,12)6(13,14)7(15,16)17/h1-3H2. The molecule has 0 aromatic rings. The fourth-order valence-electron chi connectivity index (χ4n) is 0.820. The van der Waals surface area contributed by atoms with Gasteiger partial charge in [-0.05, 0) is 0 Å². The second-order valence-corrected chi connectivity index (χ2v) is 3.34. The maximum atomic E-state index is 12.7. The molecule has 0 saturated heterocycles. The molecule has 18 heavy (non-hydrogen) atoms. The Balaban J connectivity index is 5.11. The third kappa shape index (κ3) is 3.14. The van der Waals surface area contributed by atoms with Crippen molar-refractivity contribution in [2.75, 3.05) is 12.7 Å². The normalized spacial score (nSPS) is 15.0. The lowest BCUT2D eigenvalue weighted by Gasteiger charge is -2.33. The van der Waals surface area contributed by atoms with Gasteiger partial charge in [-0.2, -0.15) is 39.5 Å². The average molecular weight is 313 g/mol. The molecule has 110 valence electrons. The van der Waals surface area contributed by atoms with Crippen LogP contribution in [-0.4, -0.2) is 36.6 Å². The maximum absolute atomic E-state index is 12.7. The summed E-state index contributed by atoms with van der Waals surface area (Å²) >= 11 is 4.82. The second-order valence-electron chi connectivity index (χ2n) is 3.12. The van der Waals surface area contributed by atoms with Crippen molar-refractivity contribution >= 4 is 11.6 Å². The van der Waals surface area contributed by atoms with Crippen LogP contribution in [0.3, 0.4) is 0 Å². The lowest BCUT2D eigenvalue weighted by atomic mass is 10.0. The van der Waals surface area contributed by atoms with Gasteiger partial charge in [-0.3, -0.25) is 0 Å². The third-order valence-electron chi connectivity index (χ3n) is 1.85. The number of halogens is 10. The number of alkyl halides is 10. The number of hydrogen-bond acceptors (Lipinski definition) is 1. The van der Waals surface area contributed by atoms with E-state index in [0.717, 1.165) is 0 Å². The van der Waals surface area contributed by atoms with Crippen molar-refractivity contribution in [3.05, 3.63) is 0 Å². The highest BCUT2D eigenvalue weighted by molar-refractivity contribution is 6.17. The van der Waals surface area contributed by atoms with Crippen LogP contribution in [0.1, 0.15) is 6.42 Å². The molecule has 0 unspecified atom stereocenters. The Kier molecular flexibility index (Phi) is 5.20. The highest BCUT2D eigenvalue weighted by atomic mass is 35.5. The molecule has 0 radical (unpaired) electrons. The first-order valence-corrected chi connectivity index (χ1v) is 4.68. The van der Waals surface area contributed by atoms with E-state index in [1.165, 1.54) is 0 Å². The van der Waals surface area contributed by atoms with Gasteiger partial charge in [-0.25, -0.2) is 0 Å². The first-order chi connectivity index (χ1) is 7.81.